The quantitative estimate of drug-likeness (QED) is 0.686. The van der Waals surface area contributed by atoms with Crippen LogP contribution >= 0.6 is 11.8 Å². The van der Waals surface area contributed by atoms with Crippen molar-refractivity contribution < 1.29 is 13.9 Å². The third-order valence-corrected chi connectivity index (χ3v) is 4.67. The summed E-state index contributed by atoms with van der Waals surface area (Å²) in [5.41, 5.74) is 1.75. The third-order valence-electron chi connectivity index (χ3n) is 3.65. The van der Waals surface area contributed by atoms with Gasteiger partial charge in [0.2, 0.25) is 0 Å². The molecule has 3 rings (SSSR count). The summed E-state index contributed by atoms with van der Waals surface area (Å²) in [6.07, 6.45) is 1.59. The van der Waals surface area contributed by atoms with Crippen LogP contribution in [-0.2, 0) is 18.9 Å². The van der Waals surface area contributed by atoms with Crippen molar-refractivity contribution in [2.24, 2.45) is 0 Å². The van der Waals surface area contributed by atoms with E-state index in [-0.39, 0.29) is 17.9 Å². The predicted molar refractivity (Wildman–Crippen MR) is 89.6 cm³/mol. The highest BCUT2D eigenvalue weighted by molar-refractivity contribution is 7.98. The molecule has 0 aliphatic heterocycles. The van der Waals surface area contributed by atoms with Gasteiger partial charge in [0.05, 0.1) is 18.5 Å². The highest BCUT2D eigenvalue weighted by Gasteiger charge is 2.14. The topological polar surface area (TPSA) is 38.1 Å². The Bertz CT molecular complexity index is 801. The van der Waals surface area contributed by atoms with Gasteiger partial charge in [-0.2, -0.15) is 0 Å². The summed E-state index contributed by atoms with van der Waals surface area (Å²) in [6.45, 7) is 0.396. The van der Waals surface area contributed by atoms with Gasteiger partial charge in [-0.25, -0.2) is 13.8 Å². The number of hydrogen-bond acceptors (Lipinski definition) is 3. The highest BCUT2D eigenvalue weighted by atomic mass is 32.2. The Morgan fingerprint density at radius 2 is 1.71 bits per heavy atom. The van der Waals surface area contributed by atoms with Crippen molar-refractivity contribution >= 4 is 11.8 Å². The first-order valence-corrected chi connectivity index (χ1v) is 8.42. The van der Waals surface area contributed by atoms with Crippen LogP contribution in [0.5, 0.6) is 0 Å². The van der Waals surface area contributed by atoms with E-state index < -0.39 is 11.6 Å². The van der Waals surface area contributed by atoms with E-state index in [9.17, 15) is 13.9 Å². The van der Waals surface area contributed by atoms with E-state index in [1.165, 1.54) is 30.0 Å². The lowest BCUT2D eigenvalue weighted by molar-refractivity contribution is 0.270. The van der Waals surface area contributed by atoms with Crippen molar-refractivity contribution in [2.45, 2.75) is 24.1 Å². The fourth-order valence-electron chi connectivity index (χ4n) is 2.38. The fraction of sp³-hybridized carbons (Fsp3) is 0.167. The SMILES string of the molecule is OCc1cnc(SCc2c(F)cccc2F)n1Cc1ccccc1. The summed E-state index contributed by atoms with van der Waals surface area (Å²) in [7, 11) is 0. The molecule has 0 radical (unpaired) electrons. The highest BCUT2D eigenvalue weighted by Crippen LogP contribution is 2.26. The zero-order chi connectivity index (χ0) is 16.9. The molecule has 0 saturated carbocycles. The molecule has 1 heterocycles. The molecule has 0 unspecified atom stereocenters. The molecule has 0 aliphatic carbocycles. The lowest BCUT2D eigenvalue weighted by atomic mass is 10.2. The molecule has 3 aromatic rings. The average Bonchev–Trinajstić information content (AvgIpc) is 2.97. The van der Waals surface area contributed by atoms with Crippen molar-refractivity contribution in [1.82, 2.24) is 9.55 Å². The number of halogens is 2. The molecular weight excluding hydrogens is 330 g/mol. The number of benzene rings is 2. The van der Waals surface area contributed by atoms with Gasteiger partial charge in [0, 0.05) is 17.9 Å². The third kappa shape index (κ3) is 3.66. The smallest absolute Gasteiger partial charge is 0.168 e. The van der Waals surface area contributed by atoms with Crippen LogP contribution in [0.15, 0.2) is 59.9 Å². The minimum absolute atomic E-state index is 0.0299. The first kappa shape index (κ1) is 16.7. The minimum atomic E-state index is -0.564. The normalized spacial score (nSPS) is 11.0. The zero-order valence-corrected chi connectivity index (χ0v) is 13.6. The molecule has 0 spiro atoms. The monoisotopic (exact) mass is 346 g/mol. The van der Waals surface area contributed by atoms with E-state index in [2.05, 4.69) is 4.98 Å². The Morgan fingerprint density at radius 1 is 1.00 bits per heavy atom. The Morgan fingerprint density at radius 3 is 2.38 bits per heavy atom. The summed E-state index contributed by atoms with van der Waals surface area (Å²) < 4.78 is 29.4. The number of rotatable bonds is 6. The molecule has 6 heteroatoms. The van der Waals surface area contributed by atoms with Crippen LogP contribution in [0.3, 0.4) is 0 Å². The number of imidazole rings is 1. The summed E-state index contributed by atoms with van der Waals surface area (Å²) in [6, 6.07) is 13.6. The second-order valence-electron chi connectivity index (χ2n) is 5.25. The molecule has 24 heavy (non-hydrogen) atoms. The van der Waals surface area contributed by atoms with Crippen LogP contribution in [-0.4, -0.2) is 14.7 Å². The van der Waals surface area contributed by atoms with Gasteiger partial charge in [-0.15, -0.1) is 0 Å². The Hall–Kier alpha value is -2.18. The molecule has 0 saturated heterocycles. The maximum Gasteiger partial charge on any atom is 0.168 e. The molecule has 124 valence electrons. The van der Waals surface area contributed by atoms with Gasteiger partial charge in [0.1, 0.15) is 11.6 Å². The minimum Gasteiger partial charge on any atom is -0.390 e. The van der Waals surface area contributed by atoms with Crippen LogP contribution in [0.1, 0.15) is 16.8 Å². The largest absolute Gasteiger partial charge is 0.390 e. The lowest BCUT2D eigenvalue weighted by Crippen LogP contribution is -2.06. The van der Waals surface area contributed by atoms with Gasteiger partial charge in [0.15, 0.2) is 5.16 Å². The first-order valence-electron chi connectivity index (χ1n) is 7.44. The Kier molecular flexibility index (Phi) is 5.27. The number of aromatic nitrogens is 2. The summed E-state index contributed by atoms with van der Waals surface area (Å²) in [4.78, 5) is 4.28. The van der Waals surface area contributed by atoms with E-state index in [4.69, 9.17) is 0 Å². The van der Waals surface area contributed by atoms with Gasteiger partial charge < -0.3 is 9.67 Å². The van der Waals surface area contributed by atoms with Crippen LogP contribution in [0.4, 0.5) is 8.78 Å². The summed E-state index contributed by atoms with van der Waals surface area (Å²) >= 11 is 1.24. The lowest BCUT2D eigenvalue weighted by Gasteiger charge is -2.11. The number of hydrogen-bond donors (Lipinski definition) is 1. The number of thioether (sulfide) groups is 1. The Balaban J connectivity index is 1.82. The maximum absolute atomic E-state index is 13.8. The van der Waals surface area contributed by atoms with Crippen LogP contribution < -0.4 is 0 Å². The standard InChI is InChI=1S/C18H16F2N2OS/c19-16-7-4-8-17(20)15(16)12-24-18-21-9-14(11-23)22(18)10-13-5-2-1-3-6-13/h1-9,23H,10-12H2. The van der Waals surface area contributed by atoms with E-state index in [1.807, 2.05) is 34.9 Å². The second kappa shape index (κ2) is 7.59. The van der Waals surface area contributed by atoms with E-state index >= 15 is 0 Å². The number of nitrogens with zero attached hydrogens (tertiary/aromatic N) is 2. The van der Waals surface area contributed by atoms with Crippen molar-refractivity contribution in [1.29, 1.82) is 0 Å². The van der Waals surface area contributed by atoms with Crippen LogP contribution in [0, 0.1) is 11.6 Å². The molecule has 1 N–H and O–H groups in total. The zero-order valence-electron chi connectivity index (χ0n) is 12.8. The molecule has 0 fully saturated rings. The molecule has 3 nitrogen and oxygen atoms in total. The summed E-state index contributed by atoms with van der Waals surface area (Å²) in [5.74, 6) is -0.994. The summed E-state index contributed by atoms with van der Waals surface area (Å²) in [5, 5.41) is 10.1. The van der Waals surface area contributed by atoms with Gasteiger partial charge in [0.25, 0.3) is 0 Å². The van der Waals surface area contributed by atoms with E-state index in [0.29, 0.717) is 17.4 Å². The van der Waals surface area contributed by atoms with E-state index in [0.717, 1.165) is 5.56 Å². The molecule has 0 atom stereocenters. The Labute approximate surface area is 143 Å². The van der Waals surface area contributed by atoms with Crippen molar-refractivity contribution in [3.63, 3.8) is 0 Å². The van der Waals surface area contributed by atoms with Crippen molar-refractivity contribution in [2.75, 3.05) is 0 Å². The molecule has 2 aromatic carbocycles. The molecule has 0 amide bonds. The van der Waals surface area contributed by atoms with E-state index in [1.54, 1.807) is 6.20 Å². The molecule has 0 bridgehead atoms. The van der Waals surface area contributed by atoms with Gasteiger partial charge in [-0.3, -0.25) is 0 Å². The number of aliphatic hydroxyl groups excluding tert-OH is 1. The number of aliphatic hydroxyl groups is 1. The van der Waals surface area contributed by atoms with Crippen molar-refractivity contribution in [3.05, 3.63) is 83.2 Å². The molecule has 0 aliphatic rings. The predicted octanol–water partition coefficient (Wildman–Crippen LogP) is 3.99. The average molecular weight is 346 g/mol. The van der Waals surface area contributed by atoms with Crippen LogP contribution in [0.2, 0.25) is 0 Å². The fourth-order valence-corrected chi connectivity index (χ4v) is 3.39. The van der Waals surface area contributed by atoms with Gasteiger partial charge in [-0.1, -0.05) is 48.2 Å². The van der Waals surface area contributed by atoms with Crippen LogP contribution in [0.25, 0.3) is 0 Å². The second-order valence-corrected chi connectivity index (χ2v) is 6.19. The van der Waals surface area contributed by atoms with Crippen molar-refractivity contribution in [3.8, 4) is 0 Å². The molecule has 1 aromatic heterocycles. The first-order chi connectivity index (χ1) is 11.7. The maximum atomic E-state index is 13.8. The molecular formula is C18H16F2N2OS. The van der Waals surface area contributed by atoms with Gasteiger partial charge >= 0.3 is 0 Å². The van der Waals surface area contributed by atoms with Gasteiger partial charge in [-0.05, 0) is 17.7 Å².